The van der Waals surface area contributed by atoms with E-state index in [1.807, 2.05) is 44.5 Å². The predicted octanol–water partition coefficient (Wildman–Crippen LogP) is 4.09. The fourth-order valence-electron chi connectivity index (χ4n) is 2.49. The molecule has 3 aromatic rings. The third-order valence-electron chi connectivity index (χ3n) is 3.97. The number of rotatable bonds is 5. The van der Waals surface area contributed by atoms with E-state index in [2.05, 4.69) is 45.2 Å². The van der Waals surface area contributed by atoms with Crippen molar-refractivity contribution in [2.75, 3.05) is 19.0 Å². The van der Waals surface area contributed by atoms with Crippen molar-refractivity contribution in [2.45, 2.75) is 6.92 Å². The molecule has 0 unspecified atom stereocenters. The van der Waals surface area contributed by atoms with Crippen LogP contribution in [0.1, 0.15) is 17.0 Å². The third-order valence-corrected chi connectivity index (χ3v) is 3.97. The zero-order valence-electron chi connectivity index (χ0n) is 15.2. The Labute approximate surface area is 153 Å². The number of hydrogen-bond acceptors (Lipinski definition) is 4. The number of hydrogen-bond donors (Lipinski definition) is 1. The average molecular weight is 346 g/mol. The quantitative estimate of drug-likeness (QED) is 0.707. The Balaban J connectivity index is 1.62. The first-order valence-corrected chi connectivity index (χ1v) is 8.37. The van der Waals surface area contributed by atoms with Crippen LogP contribution in [-0.4, -0.2) is 33.6 Å². The smallest absolute Gasteiger partial charge is 0.219 e. The van der Waals surface area contributed by atoms with Gasteiger partial charge in [-0.05, 0) is 30.7 Å². The summed E-state index contributed by atoms with van der Waals surface area (Å²) in [7, 11) is 4.06. The van der Waals surface area contributed by atoms with Gasteiger partial charge in [0, 0.05) is 26.0 Å². The van der Waals surface area contributed by atoms with Crippen LogP contribution in [0.2, 0.25) is 0 Å². The maximum Gasteiger partial charge on any atom is 0.219 e. The van der Waals surface area contributed by atoms with Crippen molar-refractivity contribution in [3.63, 3.8) is 0 Å². The molecule has 0 saturated heterocycles. The van der Waals surface area contributed by atoms with Gasteiger partial charge in [-0.15, -0.1) is 0 Å². The number of fused-ring (bicyclic) bond motifs is 1. The lowest BCUT2D eigenvalue weighted by molar-refractivity contribution is 0.444. The van der Waals surface area contributed by atoms with Crippen molar-refractivity contribution in [3.05, 3.63) is 77.9 Å². The van der Waals surface area contributed by atoms with Gasteiger partial charge in [-0.2, -0.15) is 0 Å². The molecule has 0 saturated carbocycles. The summed E-state index contributed by atoms with van der Waals surface area (Å²) in [5.41, 5.74) is 4.32. The first-order chi connectivity index (χ1) is 12.5. The van der Waals surface area contributed by atoms with E-state index in [0.717, 1.165) is 11.3 Å². The molecule has 0 spiro atoms. The summed E-state index contributed by atoms with van der Waals surface area (Å²) in [4.78, 5) is 10.6. The van der Waals surface area contributed by atoms with E-state index in [0.29, 0.717) is 11.3 Å². The van der Waals surface area contributed by atoms with Gasteiger partial charge in [-0.1, -0.05) is 42.5 Å². The third kappa shape index (κ3) is 4.00. The van der Waals surface area contributed by atoms with Gasteiger partial charge in [0.1, 0.15) is 5.69 Å². The number of aryl methyl sites for hydroxylation is 1. The van der Waals surface area contributed by atoms with Crippen LogP contribution in [0.3, 0.4) is 0 Å². The van der Waals surface area contributed by atoms with Crippen LogP contribution >= 0.6 is 0 Å². The number of allylic oxidation sites excluding steroid dienone is 4. The molecule has 0 aliphatic rings. The van der Waals surface area contributed by atoms with Gasteiger partial charge >= 0.3 is 0 Å². The Morgan fingerprint density at radius 2 is 1.69 bits per heavy atom. The molecular formula is C21H22N4O. The molecule has 0 fully saturated rings. The van der Waals surface area contributed by atoms with Gasteiger partial charge in [-0.3, -0.25) is 9.38 Å². The van der Waals surface area contributed by atoms with E-state index in [4.69, 9.17) is 0 Å². The summed E-state index contributed by atoms with van der Waals surface area (Å²) in [6.07, 6.45) is 15.2. The second kappa shape index (κ2) is 7.70. The number of benzene rings is 1. The maximum atomic E-state index is 9.94. The molecule has 5 heteroatoms. The molecule has 1 N–H and O–H groups in total. The van der Waals surface area contributed by atoms with Gasteiger partial charge < -0.3 is 10.0 Å². The van der Waals surface area contributed by atoms with Gasteiger partial charge in [0.25, 0.3) is 0 Å². The Hall–Kier alpha value is -3.34. The van der Waals surface area contributed by atoms with E-state index in [1.165, 1.54) is 5.69 Å². The highest BCUT2D eigenvalue weighted by atomic mass is 16.3. The van der Waals surface area contributed by atoms with Crippen LogP contribution in [0.5, 0.6) is 5.88 Å². The van der Waals surface area contributed by atoms with Crippen LogP contribution < -0.4 is 4.90 Å². The lowest BCUT2D eigenvalue weighted by Crippen LogP contribution is -2.07. The number of anilines is 1. The van der Waals surface area contributed by atoms with Crippen LogP contribution in [0, 0.1) is 6.92 Å². The van der Waals surface area contributed by atoms with Gasteiger partial charge in [0.15, 0.2) is 5.65 Å². The lowest BCUT2D eigenvalue weighted by atomic mass is 10.2. The van der Waals surface area contributed by atoms with E-state index in [9.17, 15) is 5.11 Å². The minimum absolute atomic E-state index is 0.149. The van der Waals surface area contributed by atoms with Crippen molar-refractivity contribution in [2.24, 2.45) is 0 Å². The molecule has 3 rings (SSSR count). The summed E-state index contributed by atoms with van der Waals surface area (Å²) in [6, 6.07) is 8.37. The molecule has 26 heavy (non-hydrogen) atoms. The molecule has 132 valence electrons. The van der Waals surface area contributed by atoms with Crippen molar-refractivity contribution in [1.29, 1.82) is 0 Å². The van der Waals surface area contributed by atoms with Crippen molar-refractivity contribution >= 4 is 23.5 Å². The van der Waals surface area contributed by atoms with E-state index >= 15 is 0 Å². The minimum Gasteiger partial charge on any atom is -0.493 e. The molecular weight excluding hydrogens is 324 g/mol. The number of aromatic nitrogens is 3. The molecule has 0 bridgehead atoms. The molecule has 1 aromatic carbocycles. The van der Waals surface area contributed by atoms with Crippen LogP contribution in [0.4, 0.5) is 5.69 Å². The molecule has 2 heterocycles. The van der Waals surface area contributed by atoms with E-state index in [-0.39, 0.29) is 5.88 Å². The number of nitrogens with zero attached hydrogens (tertiary/aromatic N) is 4. The first kappa shape index (κ1) is 17.5. The molecule has 0 aliphatic carbocycles. The molecule has 0 atom stereocenters. The SMILES string of the molecule is Cc1nc2cnc(/C=C/C=C/C=C/c3ccc(N(C)C)cc3)cn2c1O. The average Bonchev–Trinajstić information content (AvgIpc) is 2.92. The molecule has 0 aliphatic heterocycles. The highest BCUT2D eigenvalue weighted by Gasteiger charge is 2.06. The monoisotopic (exact) mass is 346 g/mol. The first-order valence-electron chi connectivity index (χ1n) is 8.37. The highest BCUT2D eigenvalue weighted by Crippen LogP contribution is 2.18. The molecule has 5 nitrogen and oxygen atoms in total. The summed E-state index contributed by atoms with van der Waals surface area (Å²) in [5, 5.41) is 9.94. The molecule has 0 amide bonds. The fourth-order valence-corrected chi connectivity index (χ4v) is 2.49. The van der Waals surface area contributed by atoms with Gasteiger partial charge in [-0.25, -0.2) is 4.98 Å². The second-order valence-electron chi connectivity index (χ2n) is 6.15. The lowest BCUT2D eigenvalue weighted by Gasteiger charge is -2.11. The zero-order valence-corrected chi connectivity index (χ0v) is 15.2. The summed E-state index contributed by atoms with van der Waals surface area (Å²) in [6.45, 7) is 1.76. The molecule has 0 radical (unpaired) electrons. The Morgan fingerprint density at radius 1 is 1.00 bits per heavy atom. The Bertz CT molecular complexity index is 979. The number of imidazole rings is 1. The zero-order chi connectivity index (χ0) is 18.5. The normalized spacial score (nSPS) is 12.1. The van der Waals surface area contributed by atoms with Crippen molar-refractivity contribution in [1.82, 2.24) is 14.4 Å². The standard InChI is InChI=1S/C21H22N4O/c1-16-21(26)25-15-18(22-14-20(25)23-16)9-7-5-4-6-8-17-10-12-19(13-11-17)24(2)3/h4-15,26H,1-3H3/b5-4+,8-6+,9-7+. The summed E-state index contributed by atoms with van der Waals surface area (Å²) >= 11 is 0. The van der Waals surface area contributed by atoms with Gasteiger partial charge in [0.2, 0.25) is 5.88 Å². The van der Waals surface area contributed by atoms with Crippen LogP contribution in [0.25, 0.3) is 17.8 Å². The van der Waals surface area contributed by atoms with Crippen LogP contribution in [0.15, 0.2) is 61.0 Å². The summed E-state index contributed by atoms with van der Waals surface area (Å²) < 4.78 is 1.63. The van der Waals surface area contributed by atoms with Crippen molar-refractivity contribution < 1.29 is 5.11 Å². The van der Waals surface area contributed by atoms with E-state index in [1.54, 1.807) is 23.7 Å². The van der Waals surface area contributed by atoms with Crippen molar-refractivity contribution in [3.8, 4) is 5.88 Å². The highest BCUT2D eigenvalue weighted by molar-refractivity contribution is 5.57. The maximum absolute atomic E-state index is 9.94. The Kier molecular flexibility index (Phi) is 5.17. The largest absolute Gasteiger partial charge is 0.493 e. The second-order valence-corrected chi connectivity index (χ2v) is 6.15. The fraction of sp³-hybridized carbons (Fsp3) is 0.143. The molecule has 2 aromatic heterocycles. The number of aromatic hydroxyl groups is 1. The predicted molar refractivity (Wildman–Crippen MR) is 107 cm³/mol. The minimum atomic E-state index is 0.149. The Morgan fingerprint density at radius 3 is 2.38 bits per heavy atom. The topological polar surface area (TPSA) is 53.7 Å². The van der Waals surface area contributed by atoms with Crippen LogP contribution in [-0.2, 0) is 0 Å². The van der Waals surface area contributed by atoms with E-state index < -0.39 is 0 Å². The summed E-state index contributed by atoms with van der Waals surface area (Å²) in [5.74, 6) is 0.149. The van der Waals surface area contributed by atoms with Gasteiger partial charge in [0.05, 0.1) is 11.9 Å².